The van der Waals surface area contributed by atoms with Gasteiger partial charge in [-0.15, -0.1) is 0 Å². The lowest BCUT2D eigenvalue weighted by molar-refractivity contribution is -0.137. The number of carboxylic acids is 1. The maximum Gasteiger partial charge on any atom is 0.303 e. The first-order valence-corrected chi connectivity index (χ1v) is 4.96. The molecule has 1 rings (SSSR count). The molecule has 82 valence electrons. The van der Waals surface area contributed by atoms with Gasteiger partial charge in [0.2, 0.25) is 0 Å². The second-order valence-electron chi connectivity index (χ2n) is 3.37. The Morgan fingerprint density at radius 3 is 2.80 bits per heavy atom. The van der Waals surface area contributed by atoms with Crippen molar-refractivity contribution in [2.45, 2.75) is 19.4 Å². The molecule has 0 saturated carbocycles. The van der Waals surface area contributed by atoms with Gasteiger partial charge in [0.05, 0.1) is 0 Å². The van der Waals surface area contributed by atoms with Crippen LogP contribution in [0.5, 0.6) is 0 Å². The van der Waals surface area contributed by atoms with Gasteiger partial charge in [0.25, 0.3) is 0 Å². The average molecular weight is 208 g/mol. The first-order valence-electron chi connectivity index (χ1n) is 4.96. The van der Waals surface area contributed by atoms with E-state index in [9.17, 15) is 4.79 Å². The maximum absolute atomic E-state index is 10.2. The fourth-order valence-electron chi connectivity index (χ4n) is 1.28. The van der Waals surface area contributed by atoms with Crippen molar-refractivity contribution >= 4 is 11.7 Å². The molecule has 0 aliphatic heterocycles. The van der Waals surface area contributed by atoms with E-state index in [1.54, 1.807) is 0 Å². The number of hydrogen-bond donors (Lipinski definition) is 3. The smallest absolute Gasteiger partial charge is 0.303 e. The molecule has 0 aliphatic carbocycles. The molecule has 0 aromatic heterocycles. The van der Waals surface area contributed by atoms with Crippen LogP contribution in [0.4, 0.5) is 5.69 Å². The summed E-state index contributed by atoms with van der Waals surface area (Å²) < 4.78 is 0. The molecule has 0 radical (unpaired) electrons. The Labute approximate surface area is 89.1 Å². The predicted molar refractivity (Wildman–Crippen MR) is 59.4 cm³/mol. The number of carbonyl (C=O) groups is 1. The van der Waals surface area contributed by atoms with Gasteiger partial charge in [-0.2, -0.15) is 0 Å². The molecule has 15 heavy (non-hydrogen) atoms. The highest BCUT2D eigenvalue weighted by molar-refractivity contribution is 5.66. The number of nitrogen functional groups attached to an aromatic ring is 1. The predicted octanol–water partition coefficient (Wildman–Crippen LogP) is 1.22. The van der Waals surface area contributed by atoms with Crippen LogP contribution in [-0.4, -0.2) is 17.6 Å². The average Bonchev–Trinajstić information content (AvgIpc) is 2.20. The Kier molecular flexibility index (Phi) is 4.63. The normalized spacial score (nSPS) is 10.1. The van der Waals surface area contributed by atoms with E-state index < -0.39 is 5.97 Å². The minimum atomic E-state index is -0.754. The van der Waals surface area contributed by atoms with Crippen molar-refractivity contribution in [1.29, 1.82) is 0 Å². The molecule has 4 N–H and O–H groups in total. The van der Waals surface area contributed by atoms with Crippen LogP contribution < -0.4 is 11.1 Å². The summed E-state index contributed by atoms with van der Waals surface area (Å²) in [6, 6.07) is 7.64. The molecule has 0 atom stereocenters. The molecule has 0 aliphatic rings. The van der Waals surface area contributed by atoms with E-state index in [-0.39, 0.29) is 6.42 Å². The van der Waals surface area contributed by atoms with E-state index in [2.05, 4.69) is 5.32 Å². The molecule has 4 nitrogen and oxygen atoms in total. The van der Waals surface area contributed by atoms with E-state index in [0.717, 1.165) is 11.3 Å². The quantitative estimate of drug-likeness (QED) is 0.485. The number of rotatable bonds is 6. The van der Waals surface area contributed by atoms with Crippen molar-refractivity contribution in [1.82, 2.24) is 5.32 Å². The highest BCUT2D eigenvalue weighted by atomic mass is 16.4. The summed E-state index contributed by atoms with van der Waals surface area (Å²) in [6.45, 7) is 1.38. The van der Waals surface area contributed by atoms with Gasteiger partial charge in [-0.1, -0.05) is 18.2 Å². The van der Waals surface area contributed by atoms with Crippen LogP contribution >= 0.6 is 0 Å². The Hall–Kier alpha value is -1.55. The Bertz CT molecular complexity index is 326. The molecule has 0 amide bonds. The van der Waals surface area contributed by atoms with Gasteiger partial charge in [-0.05, 0) is 24.6 Å². The molecule has 1 aromatic carbocycles. The lowest BCUT2D eigenvalue weighted by Gasteiger charge is -2.06. The number of aliphatic carboxylic acids is 1. The number of benzene rings is 1. The van der Waals surface area contributed by atoms with Crippen LogP contribution in [0.25, 0.3) is 0 Å². The Morgan fingerprint density at radius 2 is 2.13 bits per heavy atom. The van der Waals surface area contributed by atoms with Gasteiger partial charge in [-0.3, -0.25) is 4.79 Å². The van der Waals surface area contributed by atoms with E-state index in [1.165, 1.54) is 0 Å². The molecule has 1 aromatic rings. The zero-order valence-electron chi connectivity index (χ0n) is 8.57. The first-order chi connectivity index (χ1) is 7.20. The molecule has 0 unspecified atom stereocenters. The van der Waals surface area contributed by atoms with E-state index in [1.807, 2.05) is 24.3 Å². The zero-order chi connectivity index (χ0) is 11.1. The van der Waals surface area contributed by atoms with Gasteiger partial charge in [0.1, 0.15) is 0 Å². The number of anilines is 1. The summed E-state index contributed by atoms with van der Waals surface area (Å²) >= 11 is 0. The van der Waals surface area contributed by atoms with Crippen molar-refractivity contribution in [3.63, 3.8) is 0 Å². The highest BCUT2D eigenvalue weighted by Gasteiger charge is 1.98. The van der Waals surface area contributed by atoms with E-state index >= 15 is 0 Å². The number of para-hydroxylation sites is 1. The van der Waals surface area contributed by atoms with Gasteiger partial charge >= 0.3 is 5.97 Å². The Morgan fingerprint density at radius 1 is 1.40 bits per heavy atom. The molecule has 0 bridgehead atoms. The van der Waals surface area contributed by atoms with Crippen LogP contribution in [-0.2, 0) is 11.3 Å². The summed E-state index contributed by atoms with van der Waals surface area (Å²) in [7, 11) is 0. The van der Waals surface area contributed by atoms with Crippen LogP contribution in [0.15, 0.2) is 24.3 Å². The lowest BCUT2D eigenvalue weighted by Crippen LogP contribution is -2.16. The SMILES string of the molecule is Nc1ccccc1CNCCCC(=O)O. The van der Waals surface area contributed by atoms with Gasteiger partial charge < -0.3 is 16.2 Å². The third-order valence-electron chi connectivity index (χ3n) is 2.11. The number of nitrogens with one attached hydrogen (secondary N) is 1. The molecule has 0 spiro atoms. The molecular formula is C11H16N2O2. The molecule has 0 saturated heterocycles. The van der Waals surface area contributed by atoms with Crippen molar-refractivity contribution in [2.75, 3.05) is 12.3 Å². The van der Waals surface area contributed by atoms with E-state index in [0.29, 0.717) is 19.5 Å². The topological polar surface area (TPSA) is 75.3 Å². The van der Waals surface area contributed by atoms with Gasteiger partial charge in [-0.25, -0.2) is 0 Å². The van der Waals surface area contributed by atoms with Crippen molar-refractivity contribution in [3.05, 3.63) is 29.8 Å². The summed E-state index contributed by atoms with van der Waals surface area (Å²) in [5, 5.41) is 11.6. The minimum Gasteiger partial charge on any atom is -0.481 e. The standard InChI is InChI=1S/C11H16N2O2/c12-10-5-2-1-4-9(10)8-13-7-3-6-11(14)15/h1-2,4-5,13H,3,6-8,12H2,(H,14,15). The highest BCUT2D eigenvalue weighted by Crippen LogP contribution is 2.09. The molecule has 0 heterocycles. The van der Waals surface area contributed by atoms with Gasteiger partial charge in [0, 0.05) is 18.7 Å². The zero-order valence-corrected chi connectivity index (χ0v) is 8.57. The van der Waals surface area contributed by atoms with Crippen LogP contribution in [0, 0.1) is 0 Å². The number of nitrogens with two attached hydrogens (primary N) is 1. The second-order valence-corrected chi connectivity index (χ2v) is 3.37. The Balaban J connectivity index is 2.21. The number of carboxylic acid groups (broad SMARTS) is 1. The summed E-state index contributed by atoms with van der Waals surface area (Å²) in [5.74, 6) is -0.754. The fraction of sp³-hybridized carbons (Fsp3) is 0.364. The molecule has 0 fully saturated rings. The second kappa shape index (κ2) is 6.03. The fourth-order valence-corrected chi connectivity index (χ4v) is 1.28. The lowest BCUT2D eigenvalue weighted by atomic mass is 10.2. The summed E-state index contributed by atoms with van der Waals surface area (Å²) in [5.41, 5.74) is 7.57. The third kappa shape index (κ3) is 4.46. The molecular weight excluding hydrogens is 192 g/mol. The largest absolute Gasteiger partial charge is 0.481 e. The van der Waals surface area contributed by atoms with Crippen LogP contribution in [0.2, 0.25) is 0 Å². The molecule has 4 heteroatoms. The summed E-state index contributed by atoms with van der Waals surface area (Å²) in [4.78, 5) is 10.2. The van der Waals surface area contributed by atoms with Crippen molar-refractivity contribution in [3.8, 4) is 0 Å². The monoisotopic (exact) mass is 208 g/mol. The van der Waals surface area contributed by atoms with Crippen LogP contribution in [0.3, 0.4) is 0 Å². The number of hydrogen-bond acceptors (Lipinski definition) is 3. The first kappa shape index (κ1) is 11.5. The third-order valence-corrected chi connectivity index (χ3v) is 2.11. The van der Waals surface area contributed by atoms with Crippen molar-refractivity contribution in [2.24, 2.45) is 0 Å². The minimum absolute atomic E-state index is 0.206. The van der Waals surface area contributed by atoms with Gasteiger partial charge in [0.15, 0.2) is 0 Å². The maximum atomic E-state index is 10.2. The van der Waals surface area contributed by atoms with Crippen LogP contribution in [0.1, 0.15) is 18.4 Å². The van der Waals surface area contributed by atoms with Crippen molar-refractivity contribution < 1.29 is 9.90 Å². The summed E-state index contributed by atoms with van der Waals surface area (Å²) in [6.07, 6.45) is 0.847. The van der Waals surface area contributed by atoms with E-state index in [4.69, 9.17) is 10.8 Å².